The molecule has 1 fully saturated rings. The van der Waals surface area contributed by atoms with Crippen molar-refractivity contribution in [3.8, 4) is 11.1 Å². The van der Waals surface area contributed by atoms with E-state index in [4.69, 9.17) is 11.6 Å². The van der Waals surface area contributed by atoms with Crippen molar-refractivity contribution < 1.29 is 4.79 Å². The monoisotopic (exact) mass is 418 g/mol. The largest absolute Gasteiger partial charge is 0.349 e. The molecule has 0 aromatic heterocycles. The molecule has 154 valence electrons. The summed E-state index contributed by atoms with van der Waals surface area (Å²) in [6.45, 7) is 5.01. The molecule has 1 aliphatic heterocycles. The number of rotatable bonds is 5. The van der Waals surface area contributed by atoms with E-state index >= 15 is 0 Å². The van der Waals surface area contributed by atoms with E-state index in [0.29, 0.717) is 10.6 Å². The van der Waals surface area contributed by atoms with E-state index in [1.165, 1.54) is 22.3 Å². The number of nitrogens with one attached hydrogen (secondary N) is 1. The molecule has 0 bridgehead atoms. The molecule has 30 heavy (non-hydrogen) atoms. The minimum absolute atomic E-state index is 0.0788. The van der Waals surface area contributed by atoms with Gasteiger partial charge in [0.1, 0.15) is 0 Å². The number of likely N-dealkylation sites (tertiary alicyclic amines) is 1. The Bertz CT molecular complexity index is 1020. The summed E-state index contributed by atoms with van der Waals surface area (Å²) in [7, 11) is 0. The summed E-state index contributed by atoms with van der Waals surface area (Å²) in [6, 6.07) is 24.8. The highest BCUT2D eigenvalue weighted by Gasteiger charge is 2.22. The highest BCUT2D eigenvalue weighted by atomic mass is 35.5. The lowest BCUT2D eigenvalue weighted by Crippen LogP contribution is -2.44. The number of halogens is 1. The number of carbonyl (C=O) groups excluding carboxylic acids is 1. The molecular formula is C26H27ClN2O. The van der Waals surface area contributed by atoms with Gasteiger partial charge in [0.15, 0.2) is 0 Å². The Morgan fingerprint density at radius 1 is 0.967 bits per heavy atom. The van der Waals surface area contributed by atoms with Crippen LogP contribution in [-0.4, -0.2) is 29.9 Å². The first kappa shape index (κ1) is 20.6. The third kappa shape index (κ3) is 5.10. The van der Waals surface area contributed by atoms with Crippen LogP contribution >= 0.6 is 11.6 Å². The maximum Gasteiger partial charge on any atom is 0.253 e. The number of piperidine rings is 1. The molecule has 3 nitrogen and oxygen atoms in total. The molecule has 0 aliphatic carbocycles. The van der Waals surface area contributed by atoms with Crippen molar-refractivity contribution in [1.29, 1.82) is 0 Å². The van der Waals surface area contributed by atoms with Gasteiger partial charge < -0.3 is 5.32 Å². The normalized spacial score (nSPS) is 15.1. The van der Waals surface area contributed by atoms with Crippen LogP contribution in [0.25, 0.3) is 11.1 Å². The second-order valence-corrected chi connectivity index (χ2v) is 8.48. The number of hydrogen-bond acceptors (Lipinski definition) is 2. The van der Waals surface area contributed by atoms with Crippen LogP contribution in [0.2, 0.25) is 5.02 Å². The molecule has 0 saturated carbocycles. The van der Waals surface area contributed by atoms with Crippen molar-refractivity contribution >= 4 is 17.5 Å². The average Bonchev–Trinajstić information content (AvgIpc) is 2.76. The van der Waals surface area contributed by atoms with Crippen molar-refractivity contribution in [3.63, 3.8) is 0 Å². The van der Waals surface area contributed by atoms with Crippen LogP contribution in [0.4, 0.5) is 0 Å². The first-order chi connectivity index (χ1) is 14.6. The van der Waals surface area contributed by atoms with Gasteiger partial charge in [-0.1, -0.05) is 71.8 Å². The molecule has 1 heterocycles. The van der Waals surface area contributed by atoms with Gasteiger partial charge in [0, 0.05) is 25.7 Å². The predicted molar refractivity (Wildman–Crippen MR) is 124 cm³/mol. The zero-order valence-electron chi connectivity index (χ0n) is 17.3. The lowest BCUT2D eigenvalue weighted by atomic mass is 10.00. The molecule has 1 aliphatic rings. The third-order valence-corrected chi connectivity index (χ3v) is 6.06. The fraction of sp³-hybridized carbons (Fsp3) is 0.269. The molecule has 1 amide bonds. The van der Waals surface area contributed by atoms with Gasteiger partial charge in [0.2, 0.25) is 0 Å². The molecule has 1 saturated heterocycles. The summed E-state index contributed by atoms with van der Waals surface area (Å²) < 4.78 is 0. The van der Waals surface area contributed by atoms with Crippen molar-refractivity contribution in [3.05, 3.63) is 94.5 Å². The molecule has 1 N–H and O–H groups in total. The molecule has 4 rings (SSSR count). The Morgan fingerprint density at radius 2 is 1.67 bits per heavy atom. The van der Waals surface area contributed by atoms with Crippen LogP contribution in [0.1, 0.15) is 34.3 Å². The van der Waals surface area contributed by atoms with Crippen molar-refractivity contribution in [2.45, 2.75) is 32.4 Å². The number of amides is 1. The minimum Gasteiger partial charge on any atom is -0.349 e. The smallest absolute Gasteiger partial charge is 0.253 e. The molecule has 4 heteroatoms. The number of aryl methyl sites for hydroxylation is 1. The number of carbonyl (C=O) groups is 1. The van der Waals surface area contributed by atoms with E-state index in [1.54, 1.807) is 12.1 Å². The summed E-state index contributed by atoms with van der Waals surface area (Å²) in [5.41, 5.74) is 5.68. The van der Waals surface area contributed by atoms with Crippen LogP contribution < -0.4 is 5.32 Å². The van der Waals surface area contributed by atoms with E-state index in [0.717, 1.165) is 32.5 Å². The standard InChI is InChI=1S/C26H27ClN2O/c1-19-6-4-8-21(16-19)22-9-5-7-20(17-22)18-29-14-12-23(13-15-29)28-26(30)24-10-2-3-11-25(24)27/h2-11,16-17,23H,12-15,18H2,1H3,(H,28,30). The molecule has 3 aromatic carbocycles. The molecule has 0 atom stereocenters. The van der Waals surface area contributed by atoms with Gasteiger partial charge in [-0.3, -0.25) is 9.69 Å². The van der Waals surface area contributed by atoms with Crippen molar-refractivity contribution in [1.82, 2.24) is 10.2 Å². The van der Waals surface area contributed by atoms with Gasteiger partial charge in [0.05, 0.1) is 10.6 Å². The Balaban J connectivity index is 1.32. The number of hydrogen-bond donors (Lipinski definition) is 1. The maximum atomic E-state index is 12.5. The third-order valence-electron chi connectivity index (χ3n) is 5.73. The molecule has 0 spiro atoms. The van der Waals surface area contributed by atoms with Crippen LogP contribution in [0, 0.1) is 6.92 Å². The number of benzene rings is 3. The Morgan fingerprint density at radius 3 is 2.40 bits per heavy atom. The second-order valence-electron chi connectivity index (χ2n) is 8.07. The first-order valence-corrected chi connectivity index (χ1v) is 10.9. The van der Waals surface area contributed by atoms with Gasteiger partial charge in [0.25, 0.3) is 5.91 Å². The van der Waals surface area contributed by atoms with Crippen LogP contribution in [0.5, 0.6) is 0 Å². The first-order valence-electron chi connectivity index (χ1n) is 10.5. The zero-order valence-corrected chi connectivity index (χ0v) is 18.0. The topological polar surface area (TPSA) is 32.3 Å². The van der Waals surface area contributed by atoms with E-state index < -0.39 is 0 Å². The predicted octanol–water partition coefficient (Wildman–Crippen LogP) is 5.71. The van der Waals surface area contributed by atoms with Gasteiger partial charge >= 0.3 is 0 Å². The van der Waals surface area contributed by atoms with Crippen LogP contribution in [-0.2, 0) is 6.54 Å². The molecule has 0 radical (unpaired) electrons. The van der Waals surface area contributed by atoms with E-state index in [-0.39, 0.29) is 11.9 Å². The van der Waals surface area contributed by atoms with Crippen molar-refractivity contribution in [2.75, 3.05) is 13.1 Å². The van der Waals surface area contributed by atoms with E-state index in [2.05, 4.69) is 65.7 Å². The van der Waals surface area contributed by atoms with Crippen molar-refractivity contribution in [2.24, 2.45) is 0 Å². The van der Waals surface area contributed by atoms with Gasteiger partial charge in [-0.2, -0.15) is 0 Å². The molecule has 3 aromatic rings. The summed E-state index contributed by atoms with van der Waals surface area (Å²) in [4.78, 5) is 15.0. The second kappa shape index (κ2) is 9.46. The average molecular weight is 419 g/mol. The van der Waals surface area contributed by atoms with Gasteiger partial charge in [-0.15, -0.1) is 0 Å². The van der Waals surface area contributed by atoms with Crippen LogP contribution in [0.3, 0.4) is 0 Å². The fourth-order valence-electron chi connectivity index (χ4n) is 4.08. The van der Waals surface area contributed by atoms with Gasteiger partial charge in [-0.05, 0) is 54.7 Å². The van der Waals surface area contributed by atoms with Gasteiger partial charge in [-0.25, -0.2) is 0 Å². The summed E-state index contributed by atoms with van der Waals surface area (Å²) >= 11 is 6.15. The quantitative estimate of drug-likeness (QED) is 0.575. The highest BCUT2D eigenvalue weighted by molar-refractivity contribution is 6.33. The lowest BCUT2D eigenvalue weighted by molar-refractivity contribution is 0.0909. The molecule has 0 unspecified atom stereocenters. The lowest BCUT2D eigenvalue weighted by Gasteiger charge is -2.32. The van der Waals surface area contributed by atoms with E-state index in [9.17, 15) is 4.79 Å². The SMILES string of the molecule is Cc1cccc(-c2cccc(CN3CCC(NC(=O)c4ccccc4Cl)CC3)c2)c1. The summed E-state index contributed by atoms with van der Waals surface area (Å²) in [6.07, 6.45) is 1.90. The molecular weight excluding hydrogens is 392 g/mol. The summed E-state index contributed by atoms with van der Waals surface area (Å²) in [5, 5.41) is 3.65. The summed E-state index contributed by atoms with van der Waals surface area (Å²) in [5.74, 6) is -0.0788. The minimum atomic E-state index is -0.0788. The highest BCUT2D eigenvalue weighted by Crippen LogP contribution is 2.23. The Hall–Kier alpha value is -2.62. The van der Waals surface area contributed by atoms with E-state index in [1.807, 2.05) is 12.1 Å². The van der Waals surface area contributed by atoms with Crippen LogP contribution in [0.15, 0.2) is 72.8 Å². The fourth-order valence-corrected chi connectivity index (χ4v) is 4.30. The maximum absolute atomic E-state index is 12.5. The number of nitrogens with zero attached hydrogens (tertiary/aromatic N) is 1. The zero-order chi connectivity index (χ0) is 20.9. The Labute approximate surface area is 183 Å². The Kier molecular flexibility index (Phi) is 6.51.